The maximum absolute atomic E-state index is 9.46. The van der Waals surface area contributed by atoms with Crippen LogP contribution < -0.4 is 0 Å². The third-order valence-electron chi connectivity index (χ3n) is 7.72. The zero-order chi connectivity index (χ0) is 33.1. The van der Waals surface area contributed by atoms with Gasteiger partial charge in [-0.05, 0) is 84.8 Å². The normalized spacial score (nSPS) is 10.4. The largest absolute Gasteiger partial charge is 2.00 e. The first kappa shape index (κ1) is 41.3. The molecule has 0 bridgehead atoms. The molecule has 0 unspecified atom stereocenters. The molecule has 0 saturated carbocycles. The minimum Gasteiger partial charge on any atom is -0.348 e. The average Bonchev–Trinajstić information content (AvgIpc) is 3.12. The van der Waals surface area contributed by atoms with Crippen molar-refractivity contribution in [3.05, 3.63) is 160 Å². The van der Waals surface area contributed by atoms with Gasteiger partial charge < -0.3 is 5.53 Å². The summed E-state index contributed by atoms with van der Waals surface area (Å²) in [6, 6.07) is 43.2. The summed E-state index contributed by atoms with van der Waals surface area (Å²) >= 11 is 0. The van der Waals surface area contributed by atoms with Crippen LogP contribution >= 0.6 is 0 Å². The zero-order valence-electron chi connectivity index (χ0n) is 29.1. The first-order valence-electron chi connectivity index (χ1n) is 17.4. The SMILES string of the molecule is CCCCC(=C=[N+]=[N-])C(CCCC)=C(c1ccc(CCCC)cc1)c1cccc(CCCC)c1.[Ni+2].[c-]1ccccc1.[c-]1ccccc1. The second kappa shape index (κ2) is 27.4. The predicted octanol–water partition coefficient (Wildman–Crippen LogP) is 12.4. The van der Waals surface area contributed by atoms with Gasteiger partial charge in [0.15, 0.2) is 0 Å². The molecule has 0 saturated heterocycles. The molecular formula is C44H54N2Ni. The molecule has 0 heterocycles. The summed E-state index contributed by atoms with van der Waals surface area (Å²) in [5.41, 5.74) is 18.4. The van der Waals surface area contributed by atoms with E-state index < -0.39 is 0 Å². The quantitative estimate of drug-likeness (QED) is 0.0302. The smallest absolute Gasteiger partial charge is 0.348 e. The Kier molecular flexibility index (Phi) is 24.1. The minimum atomic E-state index is 0. The second-order valence-corrected chi connectivity index (χ2v) is 11.5. The van der Waals surface area contributed by atoms with Gasteiger partial charge in [-0.3, -0.25) is 0 Å². The van der Waals surface area contributed by atoms with E-state index in [-0.39, 0.29) is 16.5 Å². The summed E-state index contributed by atoms with van der Waals surface area (Å²) in [5, 5.41) is 0. The van der Waals surface area contributed by atoms with Crippen molar-refractivity contribution in [1.82, 2.24) is 0 Å². The Bertz CT molecular complexity index is 1360. The van der Waals surface area contributed by atoms with Crippen molar-refractivity contribution in [1.29, 1.82) is 0 Å². The summed E-state index contributed by atoms with van der Waals surface area (Å²) in [6.07, 6.45) is 13.3. The van der Waals surface area contributed by atoms with Crippen molar-refractivity contribution in [3.8, 4) is 0 Å². The van der Waals surface area contributed by atoms with Crippen LogP contribution in [0, 0.1) is 12.1 Å². The maximum atomic E-state index is 9.46. The topological polar surface area (TPSA) is 36.4 Å². The fourth-order valence-corrected chi connectivity index (χ4v) is 5.15. The molecule has 3 heteroatoms. The van der Waals surface area contributed by atoms with Crippen LogP contribution in [0.1, 0.15) is 114 Å². The molecule has 0 atom stereocenters. The van der Waals surface area contributed by atoms with Gasteiger partial charge in [-0.25, -0.2) is 0 Å². The van der Waals surface area contributed by atoms with Crippen molar-refractivity contribution < 1.29 is 21.3 Å². The van der Waals surface area contributed by atoms with E-state index in [2.05, 4.69) is 99.0 Å². The van der Waals surface area contributed by atoms with Crippen LogP contribution in [-0.2, 0) is 29.3 Å². The van der Waals surface area contributed by atoms with Gasteiger partial charge >= 0.3 is 22.4 Å². The Morgan fingerprint density at radius 3 is 1.60 bits per heavy atom. The van der Waals surface area contributed by atoms with Crippen LogP contribution in [-0.4, -0.2) is 10.7 Å². The third kappa shape index (κ3) is 17.1. The van der Waals surface area contributed by atoms with Crippen molar-refractivity contribution in [2.75, 3.05) is 0 Å². The second-order valence-electron chi connectivity index (χ2n) is 11.5. The molecule has 0 N–H and O–H groups in total. The maximum Gasteiger partial charge on any atom is 2.00 e. The summed E-state index contributed by atoms with van der Waals surface area (Å²) in [6.45, 7) is 8.93. The van der Waals surface area contributed by atoms with E-state index in [1.54, 1.807) is 0 Å². The van der Waals surface area contributed by atoms with Gasteiger partial charge in [0.1, 0.15) is 0 Å². The number of hydrogen-bond acceptors (Lipinski definition) is 0. The Labute approximate surface area is 296 Å². The van der Waals surface area contributed by atoms with E-state index in [1.165, 1.54) is 59.1 Å². The van der Waals surface area contributed by atoms with E-state index in [4.69, 9.17) is 0 Å². The first-order valence-corrected chi connectivity index (χ1v) is 17.4. The van der Waals surface area contributed by atoms with Gasteiger partial charge in [0.25, 0.3) is 0 Å². The van der Waals surface area contributed by atoms with Crippen LogP contribution in [0.25, 0.3) is 11.1 Å². The molecule has 0 aromatic heterocycles. The van der Waals surface area contributed by atoms with Crippen molar-refractivity contribution in [3.63, 3.8) is 0 Å². The summed E-state index contributed by atoms with van der Waals surface area (Å²) in [5.74, 6) is 2.97. The monoisotopic (exact) mass is 668 g/mol. The number of hydrogen-bond donors (Lipinski definition) is 0. The van der Waals surface area contributed by atoms with Crippen molar-refractivity contribution >= 4 is 11.4 Å². The minimum absolute atomic E-state index is 0. The summed E-state index contributed by atoms with van der Waals surface area (Å²) in [7, 11) is 0. The summed E-state index contributed by atoms with van der Waals surface area (Å²) < 4.78 is 0. The number of unbranched alkanes of at least 4 members (excludes halogenated alkanes) is 4. The van der Waals surface area contributed by atoms with Crippen molar-refractivity contribution in [2.45, 2.75) is 105 Å². The Morgan fingerprint density at radius 2 is 1.13 bits per heavy atom. The fourth-order valence-electron chi connectivity index (χ4n) is 5.15. The van der Waals surface area contributed by atoms with Gasteiger partial charge in [0.05, 0.1) is 5.57 Å². The number of nitrogens with zero attached hydrogens (tertiary/aromatic N) is 2. The van der Waals surface area contributed by atoms with Crippen molar-refractivity contribution in [2.24, 2.45) is 0 Å². The standard InChI is InChI=1S/C32H44N2.2C6H5.Ni/c1-5-9-14-26-20-22-28(23-21-26)32(29-18-13-16-27(24-29)15-10-6-2)31(19-12-8-4)30(25-34-33)17-11-7-3;2*1-2-4-6-5-3-1;/h13,16,18,20-24H,5-12,14-15,17,19H2,1-4H3;2*1-5H;/q;2*-1;+2. The van der Waals surface area contributed by atoms with E-state index in [9.17, 15) is 5.53 Å². The fraction of sp³-hybridized carbons (Fsp3) is 0.364. The molecule has 0 spiro atoms. The molecule has 250 valence electrons. The third-order valence-corrected chi connectivity index (χ3v) is 7.72. The number of rotatable bonds is 15. The Balaban J connectivity index is 0.000000701. The molecule has 47 heavy (non-hydrogen) atoms. The predicted molar refractivity (Wildman–Crippen MR) is 198 cm³/mol. The Hall–Kier alpha value is -3.73. The van der Waals surface area contributed by atoms with E-state index >= 15 is 0 Å². The molecule has 2 nitrogen and oxygen atoms in total. The molecule has 4 aromatic rings. The molecule has 0 aliphatic carbocycles. The number of aryl methyl sites for hydroxylation is 2. The van der Waals surface area contributed by atoms with Crippen LogP contribution in [0.3, 0.4) is 0 Å². The van der Waals surface area contributed by atoms with Crippen LogP contribution in [0.15, 0.2) is 120 Å². The van der Waals surface area contributed by atoms with Crippen LogP contribution in [0.2, 0.25) is 0 Å². The molecule has 0 fully saturated rings. The van der Waals surface area contributed by atoms with Gasteiger partial charge in [-0.1, -0.05) is 102 Å². The molecule has 0 amide bonds. The van der Waals surface area contributed by atoms with E-state index in [0.717, 1.165) is 56.9 Å². The van der Waals surface area contributed by atoms with E-state index in [0.29, 0.717) is 0 Å². The van der Waals surface area contributed by atoms with Gasteiger partial charge in [0, 0.05) is 0 Å². The molecule has 4 aromatic carbocycles. The molecule has 0 aliphatic rings. The van der Waals surface area contributed by atoms with Crippen LogP contribution in [0.5, 0.6) is 0 Å². The van der Waals surface area contributed by atoms with E-state index in [1.807, 2.05) is 60.7 Å². The molecule has 4 rings (SSSR count). The van der Waals surface area contributed by atoms with Gasteiger partial charge in [-0.2, -0.15) is 72.8 Å². The van der Waals surface area contributed by atoms with Gasteiger partial charge in [-0.15, -0.1) is 4.79 Å². The zero-order valence-corrected chi connectivity index (χ0v) is 30.1. The molecule has 0 radical (unpaired) electrons. The molecular weight excluding hydrogens is 615 g/mol. The summed E-state index contributed by atoms with van der Waals surface area (Å²) in [4.78, 5) is 3.37. The number of benzene rings is 4. The Morgan fingerprint density at radius 1 is 0.596 bits per heavy atom. The van der Waals surface area contributed by atoms with Gasteiger partial charge in [0.2, 0.25) is 0 Å². The first-order chi connectivity index (χ1) is 22.7. The molecule has 0 aliphatic heterocycles. The van der Waals surface area contributed by atoms with Crippen LogP contribution in [0.4, 0.5) is 0 Å². The number of allylic oxidation sites excluding steroid dienone is 2. The average molecular weight is 670 g/mol.